The topological polar surface area (TPSA) is 30.0 Å². The fourth-order valence-corrected chi connectivity index (χ4v) is 4.37. The van der Waals surface area contributed by atoms with Gasteiger partial charge in [-0.2, -0.15) is 0 Å². The Morgan fingerprint density at radius 2 is 1.84 bits per heavy atom. The smallest absolute Gasteiger partial charge is 0.0443 e. The molecule has 1 unspecified atom stereocenters. The van der Waals surface area contributed by atoms with Crippen LogP contribution in [0.4, 0.5) is 0 Å². The van der Waals surface area contributed by atoms with Gasteiger partial charge in [0.25, 0.3) is 0 Å². The second-order valence-corrected chi connectivity index (χ2v) is 7.72. The summed E-state index contributed by atoms with van der Waals surface area (Å²) < 4.78 is 0. The summed E-state index contributed by atoms with van der Waals surface area (Å²) in [6, 6.07) is 9.53. The Bertz CT molecular complexity index is 514. The van der Waals surface area contributed by atoms with E-state index in [0.29, 0.717) is 12.6 Å². The van der Waals surface area contributed by atoms with Crippen molar-refractivity contribution in [2.75, 3.05) is 59.5 Å². The van der Waals surface area contributed by atoms with Gasteiger partial charge in [-0.1, -0.05) is 24.3 Å². The van der Waals surface area contributed by atoms with Gasteiger partial charge in [-0.25, -0.2) is 0 Å². The Hall–Kier alpha value is -0.940. The lowest BCUT2D eigenvalue weighted by Gasteiger charge is -2.37. The summed E-state index contributed by atoms with van der Waals surface area (Å²) in [7, 11) is 2.22. The molecule has 0 amide bonds. The monoisotopic (exact) mass is 345 g/mol. The first-order valence-electron chi connectivity index (χ1n) is 10.1. The van der Waals surface area contributed by atoms with Crippen LogP contribution in [-0.4, -0.2) is 79.3 Å². The van der Waals surface area contributed by atoms with Crippen LogP contribution in [0, 0.1) is 0 Å². The number of fused-ring (bicyclic) bond motifs is 1. The molecule has 0 aromatic heterocycles. The summed E-state index contributed by atoms with van der Waals surface area (Å²) in [5.74, 6) is 0. The molecule has 0 bridgehead atoms. The number of rotatable bonds is 8. The van der Waals surface area contributed by atoms with E-state index in [1.807, 2.05) is 0 Å². The molecule has 1 atom stereocenters. The maximum atomic E-state index is 9.32. The standard InChI is InChI=1S/C21H35N3O/c1-22-14-16-23(17-15-22)11-5-12-24(13-6-18-25)21-10-4-8-19-7-2-3-9-20(19)21/h2-3,7,9,21,25H,4-6,8,10-18H2,1H3. The number of likely N-dealkylation sites (N-methyl/N-ethyl adjacent to an activating group) is 1. The van der Waals surface area contributed by atoms with Gasteiger partial charge < -0.3 is 14.9 Å². The van der Waals surface area contributed by atoms with Crippen LogP contribution in [0.25, 0.3) is 0 Å². The minimum Gasteiger partial charge on any atom is -0.396 e. The van der Waals surface area contributed by atoms with Gasteiger partial charge in [-0.15, -0.1) is 0 Å². The van der Waals surface area contributed by atoms with Crippen molar-refractivity contribution < 1.29 is 5.11 Å². The number of aliphatic hydroxyl groups is 1. The van der Waals surface area contributed by atoms with Gasteiger partial charge in [-0.3, -0.25) is 4.90 Å². The SMILES string of the molecule is CN1CCN(CCCN(CCCO)C2CCCc3ccccc32)CC1. The summed E-state index contributed by atoms with van der Waals surface area (Å²) in [6.07, 6.45) is 5.88. The molecule has 1 aliphatic heterocycles. The minimum atomic E-state index is 0.295. The fourth-order valence-electron chi connectivity index (χ4n) is 4.37. The number of hydrogen-bond donors (Lipinski definition) is 1. The number of piperazine rings is 1. The van der Waals surface area contributed by atoms with Crippen LogP contribution in [0.3, 0.4) is 0 Å². The van der Waals surface area contributed by atoms with Crippen molar-refractivity contribution in [3.8, 4) is 0 Å². The average molecular weight is 346 g/mol. The zero-order chi connectivity index (χ0) is 17.5. The zero-order valence-corrected chi connectivity index (χ0v) is 15.9. The van der Waals surface area contributed by atoms with E-state index in [2.05, 4.69) is 46.0 Å². The second kappa shape index (κ2) is 9.67. The highest BCUT2D eigenvalue weighted by atomic mass is 16.3. The molecular weight excluding hydrogens is 310 g/mol. The fraction of sp³-hybridized carbons (Fsp3) is 0.714. The van der Waals surface area contributed by atoms with E-state index >= 15 is 0 Å². The van der Waals surface area contributed by atoms with E-state index in [4.69, 9.17) is 0 Å². The Morgan fingerprint density at radius 1 is 1.08 bits per heavy atom. The molecule has 140 valence electrons. The van der Waals surface area contributed by atoms with Crippen LogP contribution in [0.5, 0.6) is 0 Å². The number of benzene rings is 1. The predicted octanol–water partition coefficient (Wildman–Crippen LogP) is 2.39. The van der Waals surface area contributed by atoms with Gasteiger partial charge in [0.05, 0.1) is 0 Å². The molecule has 25 heavy (non-hydrogen) atoms. The van der Waals surface area contributed by atoms with E-state index in [0.717, 1.165) is 19.5 Å². The summed E-state index contributed by atoms with van der Waals surface area (Å²) in [5, 5.41) is 9.32. The first-order valence-corrected chi connectivity index (χ1v) is 10.1. The Morgan fingerprint density at radius 3 is 2.64 bits per heavy atom. The van der Waals surface area contributed by atoms with Gasteiger partial charge in [0.1, 0.15) is 0 Å². The lowest BCUT2D eigenvalue weighted by Crippen LogP contribution is -2.45. The summed E-state index contributed by atoms with van der Waals surface area (Å²) in [5.41, 5.74) is 3.07. The molecule has 0 saturated carbocycles. The van der Waals surface area contributed by atoms with Crippen molar-refractivity contribution in [2.24, 2.45) is 0 Å². The lowest BCUT2D eigenvalue weighted by atomic mass is 9.86. The predicted molar refractivity (Wildman–Crippen MR) is 104 cm³/mol. The molecule has 1 heterocycles. The highest BCUT2D eigenvalue weighted by Gasteiger charge is 2.25. The second-order valence-electron chi connectivity index (χ2n) is 7.72. The van der Waals surface area contributed by atoms with E-state index in [1.54, 1.807) is 0 Å². The quantitative estimate of drug-likeness (QED) is 0.783. The summed E-state index contributed by atoms with van der Waals surface area (Å²) in [4.78, 5) is 7.67. The normalized spacial score (nSPS) is 22.3. The summed E-state index contributed by atoms with van der Waals surface area (Å²) >= 11 is 0. The lowest BCUT2D eigenvalue weighted by molar-refractivity contribution is 0.128. The molecule has 1 aliphatic carbocycles. The van der Waals surface area contributed by atoms with E-state index in [-0.39, 0.29) is 0 Å². The van der Waals surface area contributed by atoms with Crippen LogP contribution in [-0.2, 0) is 6.42 Å². The van der Waals surface area contributed by atoms with Crippen LogP contribution in [0.15, 0.2) is 24.3 Å². The van der Waals surface area contributed by atoms with Gasteiger partial charge in [0.15, 0.2) is 0 Å². The van der Waals surface area contributed by atoms with Gasteiger partial charge in [-0.05, 0) is 63.4 Å². The maximum Gasteiger partial charge on any atom is 0.0443 e. The van der Waals surface area contributed by atoms with Crippen molar-refractivity contribution in [1.29, 1.82) is 0 Å². The van der Waals surface area contributed by atoms with Crippen molar-refractivity contribution >= 4 is 0 Å². The van der Waals surface area contributed by atoms with Gasteiger partial charge in [0, 0.05) is 45.4 Å². The Labute approximate surface area is 153 Å². The molecule has 1 N–H and O–H groups in total. The molecule has 4 heteroatoms. The average Bonchev–Trinajstić information content (AvgIpc) is 2.66. The first-order chi connectivity index (χ1) is 12.3. The van der Waals surface area contributed by atoms with E-state index in [1.165, 1.54) is 69.5 Å². The first kappa shape index (κ1) is 18.8. The van der Waals surface area contributed by atoms with Crippen molar-refractivity contribution in [3.05, 3.63) is 35.4 Å². The minimum absolute atomic E-state index is 0.295. The number of aryl methyl sites for hydroxylation is 1. The molecule has 4 nitrogen and oxygen atoms in total. The zero-order valence-electron chi connectivity index (χ0n) is 15.9. The van der Waals surface area contributed by atoms with Crippen LogP contribution in [0.2, 0.25) is 0 Å². The molecule has 0 spiro atoms. The Kier molecular flexibility index (Phi) is 7.29. The third-order valence-electron chi connectivity index (χ3n) is 5.90. The molecule has 1 saturated heterocycles. The van der Waals surface area contributed by atoms with E-state index in [9.17, 15) is 5.11 Å². The highest BCUT2D eigenvalue weighted by Crippen LogP contribution is 2.34. The van der Waals surface area contributed by atoms with E-state index < -0.39 is 0 Å². The van der Waals surface area contributed by atoms with Crippen LogP contribution >= 0.6 is 0 Å². The third-order valence-corrected chi connectivity index (χ3v) is 5.90. The largest absolute Gasteiger partial charge is 0.396 e. The van der Waals surface area contributed by atoms with Crippen LogP contribution in [0.1, 0.15) is 42.9 Å². The maximum absolute atomic E-state index is 9.32. The van der Waals surface area contributed by atoms with Crippen molar-refractivity contribution in [1.82, 2.24) is 14.7 Å². The molecule has 2 aliphatic rings. The molecular formula is C21H35N3O. The molecule has 1 aromatic carbocycles. The summed E-state index contributed by atoms with van der Waals surface area (Å²) in [6.45, 7) is 8.47. The van der Waals surface area contributed by atoms with Crippen molar-refractivity contribution in [2.45, 2.75) is 38.1 Å². The molecule has 1 aromatic rings. The number of hydrogen-bond acceptors (Lipinski definition) is 4. The highest BCUT2D eigenvalue weighted by molar-refractivity contribution is 5.32. The van der Waals surface area contributed by atoms with Gasteiger partial charge >= 0.3 is 0 Å². The third kappa shape index (κ3) is 5.27. The van der Waals surface area contributed by atoms with Crippen LogP contribution < -0.4 is 0 Å². The Balaban J connectivity index is 1.56. The molecule has 0 radical (unpaired) electrons. The van der Waals surface area contributed by atoms with Crippen molar-refractivity contribution in [3.63, 3.8) is 0 Å². The number of nitrogens with zero attached hydrogens (tertiary/aromatic N) is 3. The molecule has 3 rings (SSSR count). The number of aliphatic hydroxyl groups excluding tert-OH is 1. The van der Waals surface area contributed by atoms with Gasteiger partial charge in [0.2, 0.25) is 0 Å². The molecule has 1 fully saturated rings.